The Morgan fingerprint density at radius 3 is 3.14 bits per heavy atom. The summed E-state index contributed by atoms with van der Waals surface area (Å²) in [5, 5.41) is 12.1. The minimum Gasteiger partial charge on any atom is -0.319 e. The van der Waals surface area contributed by atoms with E-state index < -0.39 is 0 Å². The number of aromatic nitrogens is 2. The summed E-state index contributed by atoms with van der Waals surface area (Å²) in [5.74, 6) is 0. The number of likely N-dealkylation sites (N-methyl/N-ethyl adjacent to an activating group) is 1. The van der Waals surface area contributed by atoms with Gasteiger partial charge in [0.05, 0.1) is 10.5 Å². The van der Waals surface area contributed by atoms with Gasteiger partial charge in [-0.1, -0.05) is 17.7 Å². The van der Waals surface area contributed by atoms with Gasteiger partial charge < -0.3 is 5.32 Å². The van der Waals surface area contributed by atoms with E-state index in [0.717, 1.165) is 34.6 Å². The molecule has 0 aliphatic rings. The van der Waals surface area contributed by atoms with Crippen molar-refractivity contribution in [2.75, 3.05) is 13.6 Å². The fourth-order valence-electron chi connectivity index (χ4n) is 1.52. The fraction of sp³-hybridized carbons (Fsp3) is 0.300. The first kappa shape index (κ1) is 9.49. The van der Waals surface area contributed by atoms with Crippen molar-refractivity contribution < 1.29 is 0 Å². The Kier molecular flexibility index (Phi) is 2.70. The molecule has 0 saturated heterocycles. The van der Waals surface area contributed by atoms with Crippen LogP contribution in [0.15, 0.2) is 18.2 Å². The Morgan fingerprint density at radius 1 is 1.50 bits per heavy atom. The van der Waals surface area contributed by atoms with Gasteiger partial charge >= 0.3 is 0 Å². The van der Waals surface area contributed by atoms with E-state index in [4.69, 9.17) is 11.6 Å². The van der Waals surface area contributed by atoms with Crippen molar-refractivity contribution in [2.24, 2.45) is 0 Å². The van der Waals surface area contributed by atoms with Crippen molar-refractivity contribution in [2.45, 2.75) is 6.42 Å². The minimum absolute atomic E-state index is 0.766. The second-order valence-corrected chi connectivity index (χ2v) is 3.60. The number of fused-ring (bicyclic) bond motifs is 1. The zero-order valence-corrected chi connectivity index (χ0v) is 8.73. The normalized spacial score (nSPS) is 11.0. The Labute approximate surface area is 87.5 Å². The van der Waals surface area contributed by atoms with Gasteiger partial charge in [-0.3, -0.25) is 5.10 Å². The van der Waals surface area contributed by atoms with Crippen LogP contribution >= 0.6 is 11.6 Å². The third-order valence-electron chi connectivity index (χ3n) is 2.23. The molecule has 1 heterocycles. The number of benzene rings is 1. The number of nitrogens with one attached hydrogen (secondary N) is 2. The molecule has 0 fully saturated rings. The minimum atomic E-state index is 0.766. The summed E-state index contributed by atoms with van der Waals surface area (Å²) in [6.45, 7) is 0.919. The summed E-state index contributed by atoms with van der Waals surface area (Å²) in [5.41, 5.74) is 2.03. The summed E-state index contributed by atoms with van der Waals surface area (Å²) < 4.78 is 0. The number of nitrogens with zero attached hydrogens (tertiary/aromatic N) is 1. The highest BCUT2D eigenvalue weighted by atomic mass is 35.5. The van der Waals surface area contributed by atoms with Crippen molar-refractivity contribution in [1.82, 2.24) is 15.5 Å². The molecule has 2 aromatic rings. The lowest BCUT2D eigenvalue weighted by atomic mass is 10.1. The molecule has 0 atom stereocenters. The SMILES string of the molecule is CNCCc1[nH]nc2cccc(Cl)c12. The Morgan fingerprint density at radius 2 is 2.36 bits per heavy atom. The summed E-state index contributed by atoms with van der Waals surface area (Å²) in [4.78, 5) is 0. The molecule has 1 aromatic carbocycles. The van der Waals surface area contributed by atoms with E-state index >= 15 is 0 Å². The van der Waals surface area contributed by atoms with Crippen LogP contribution in [0, 0.1) is 0 Å². The second kappa shape index (κ2) is 3.98. The van der Waals surface area contributed by atoms with Crippen molar-refractivity contribution >= 4 is 22.5 Å². The third-order valence-corrected chi connectivity index (χ3v) is 2.54. The number of halogens is 1. The summed E-state index contributed by atoms with van der Waals surface area (Å²) in [7, 11) is 1.93. The maximum Gasteiger partial charge on any atom is 0.0938 e. The lowest BCUT2D eigenvalue weighted by Gasteiger charge is -1.98. The standard InChI is InChI=1S/C10H12ClN3/c1-12-6-5-9-10-7(11)3-2-4-8(10)13-14-9/h2-4,12H,5-6H2,1H3,(H,13,14). The van der Waals surface area contributed by atoms with Gasteiger partial charge in [0.1, 0.15) is 0 Å². The maximum absolute atomic E-state index is 6.10. The predicted octanol–water partition coefficient (Wildman–Crippen LogP) is 1.98. The molecular formula is C10H12ClN3. The van der Waals surface area contributed by atoms with Crippen LogP contribution < -0.4 is 5.32 Å². The van der Waals surface area contributed by atoms with Crippen LogP contribution in [0.5, 0.6) is 0 Å². The molecule has 0 aliphatic heterocycles. The fourth-order valence-corrected chi connectivity index (χ4v) is 1.80. The number of aromatic amines is 1. The largest absolute Gasteiger partial charge is 0.319 e. The molecule has 2 N–H and O–H groups in total. The van der Waals surface area contributed by atoms with Crippen molar-refractivity contribution in [3.63, 3.8) is 0 Å². The number of rotatable bonds is 3. The van der Waals surface area contributed by atoms with Gasteiger partial charge in [0, 0.05) is 24.0 Å². The van der Waals surface area contributed by atoms with E-state index in [2.05, 4.69) is 15.5 Å². The lowest BCUT2D eigenvalue weighted by Crippen LogP contribution is -2.10. The molecule has 0 radical (unpaired) electrons. The molecule has 2 rings (SSSR count). The van der Waals surface area contributed by atoms with E-state index in [1.54, 1.807) is 0 Å². The summed E-state index contributed by atoms with van der Waals surface area (Å²) in [6, 6.07) is 5.76. The highest BCUT2D eigenvalue weighted by Crippen LogP contribution is 2.24. The van der Waals surface area contributed by atoms with Gasteiger partial charge in [0.25, 0.3) is 0 Å². The zero-order chi connectivity index (χ0) is 9.97. The molecule has 0 spiro atoms. The molecule has 74 valence electrons. The molecule has 0 amide bonds. The molecular weight excluding hydrogens is 198 g/mol. The number of hydrogen-bond donors (Lipinski definition) is 2. The first-order chi connectivity index (χ1) is 6.83. The van der Waals surface area contributed by atoms with Crippen molar-refractivity contribution in [1.29, 1.82) is 0 Å². The quantitative estimate of drug-likeness (QED) is 0.812. The average Bonchev–Trinajstić information content (AvgIpc) is 2.59. The molecule has 0 saturated carbocycles. The van der Waals surface area contributed by atoms with Crippen LogP contribution in [0.4, 0.5) is 0 Å². The predicted molar refractivity (Wildman–Crippen MR) is 58.7 cm³/mol. The van der Waals surface area contributed by atoms with E-state index in [1.807, 2.05) is 25.2 Å². The molecule has 3 nitrogen and oxygen atoms in total. The average molecular weight is 210 g/mol. The number of hydrogen-bond acceptors (Lipinski definition) is 2. The lowest BCUT2D eigenvalue weighted by molar-refractivity contribution is 0.775. The monoisotopic (exact) mass is 209 g/mol. The van der Waals surface area contributed by atoms with Gasteiger partial charge in [0.15, 0.2) is 0 Å². The molecule has 0 bridgehead atoms. The highest BCUT2D eigenvalue weighted by molar-refractivity contribution is 6.35. The van der Waals surface area contributed by atoms with Crippen molar-refractivity contribution in [3.05, 3.63) is 28.9 Å². The van der Waals surface area contributed by atoms with E-state index in [0.29, 0.717) is 0 Å². The van der Waals surface area contributed by atoms with Gasteiger partial charge in [0.2, 0.25) is 0 Å². The molecule has 4 heteroatoms. The van der Waals surface area contributed by atoms with Gasteiger partial charge in [-0.05, 0) is 19.2 Å². The third kappa shape index (κ3) is 1.61. The maximum atomic E-state index is 6.10. The Bertz CT molecular complexity index is 436. The van der Waals surface area contributed by atoms with Crippen LogP contribution in [-0.4, -0.2) is 23.8 Å². The van der Waals surface area contributed by atoms with E-state index in [1.165, 1.54) is 0 Å². The first-order valence-electron chi connectivity index (χ1n) is 4.59. The highest BCUT2D eigenvalue weighted by Gasteiger charge is 2.07. The number of H-pyrrole nitrogens is 1. The molecule has 0 aliphatic carbocycles. The Balaban J connectivity index is 2.45. The van der Waals surface area contributed by atoms with Gasteiger partial charge in [-0.2, -0.15) is 5.10 Å². The summed E-state index contributed by atoms with van der Waals surface area (Å²) >= 11 is 6.10. The first-order valence-corrected chi connectivity index (χ1v) is 4.97. The van der Waals surface area contributed by atoms with Gasteiger partial charge in [-0.15, -0.1) is 0 Å². The smallest absolute Gasteiger partial charge is 0.0938 e. The topological polar surface area (TPSA) is 40.7 Å². The van der Waals surface area contributed by atoms with E-state index in [-0.39, 0.29) is 0 Å². The Hall–Kier alpha value is -1.06. The van der Waals surface area contributed by atoms with Crippen LogP contribution in [0.25, 0.3) is 10.9 Å². The van der Waals surface area contributed by atoms with Crippen LogP contribution in [0.2, 0.25) is 5.02 Å². The van der Waals surface area contributed by atoms with Crippen LogP contribution in [0.3, 0.4) is 0 Å². The second-order valence-electron chi connectivity index (χ2n) is 3.19. The van der Waals surface area contributed by atoms with E-state index in [9.17, 15) is 0 Å². The van der Waals surface area contributed by atoms with Crippen molar-refractivity contribution in [3.8, 4) is 0 Å². The van der Waals surface area contributed by atoms with Crippen LogP contribution in [0.1, 0.15) is 5.69 Å². The van der Waals surface area contributed by atoms with Gasteiger partial charge in [-0.25, -0.2) is 0 Å². The molecule has 1 aromatic heterocycles. The zero-order valence-electron chi connectivity index (χ0n) is 7.97. The van der Waals surface area contributed by atoms with Crippen LogP contribution in [-0.2, 0) is 6.42 Å². The summed E-state index contributed by atoms with van der Waals surface area (Å²) in [6.07, 6.45) is 0.913. The molecule has 0 unspecified atom stereocenters. The molecule has 14 heavy (non-hydrogen) atoms.